The number of likely N-dealkylation sites (N-methyl/N-ethyl adjacent to an activating group) is 1. The molecule has 1 heterocycles. The van der Waals surface area contributed by atoms with Crippen LogP contribution in [0.3, 0.4) is 0 Å². The zero-order valence-electron chi connectivity index (χ0n) is 5.61. The Labute approximate surface area is 58.3 Å². The number of aliphatic hydroxyl groups excluding tert-OH is 2. The van der Waals surface area contributed by atoms with Crippen LogP contribution in [-0.2, 0) is 0 Å². The van der Waals surface area contributed by atoms with E-state index in [4.69, 9.17) is 10.2 Å². The molecule has 1 rings (SSSR count). The third kappa shape index (κ3) is 0.932. The summed E-state index contributed by atoms with van der Waals surface area (Å²) in [5.41, 5.74) is 0. The highest BCUT2D eigenvalue weighted by atomic mass is 16.4. The topological polar surface area (TPSA) is 72.8 Å². The summed E-state index contributed by atoms with van der Waals surface area (Å²) in [6.45, 7) is 2.12. The van der Waals surface area contributed by atoms with E-state index in [1.54, 1.807) is 6.92 Å². The van der Waals surface area contributed by atoms with Crippen LogP contribution in [0.1, 0.15) is 6.92 Å². The summed E-state index contributed by atoms with van der Waals surface area (Å²) >= 11 is 0. The average Bonchev–Trinajstić information content (AvgIpc) is 2.09. The Hall–Kier alpha value is -0.810. The Morgan fingerprint density at radius 3 is 2.50 bits per heavy atom. The number of rotatable bonds is 1. The van der Waals surface area contributed by atoms with Gasteiger partial charge in [0.15, 0.2) is 12.5 Å². The molecule has 1 saturated heterocycles. The van der Waals surface area contributed by atoms with Gasteiger partial charge in [-0.2, -0.15) is 0 Å². The molecule has 0 saturated carbocycles. The van der Waals surface area contributed by atoms with Gasteiger partial charge in [-0.25, -0.2) is 4.79 Å². The van der Waals surface area contributed by atoms with Crippen molar-refractivity contribution >= 4 is 6.03 Å². The van der Waals surface area contributed by atoms with Crippen LogP contribution in [-0.4, -0.2) is 40.1 Å². The molecule has 0 spiro atoms. The smallest absolute Gasteiger partial charge is 0.321 e. The van der Waals surface area contributed by atoms with Crippen LogP contribution < -0.4 is 5.32 Å². The van der Waals surface area contributed by atoms with Crippen LogP contribution in [0.5, 0.6) is 0 Å². The molecule has 0 aromatic heterocycles. The molecule has 5 nitrogen and oxygen atoms in total. The van der Waals surface area contributed by atoms with Crippen molar-refractivity contribution in [2.75, 3.05) is 6.54 Å². The van der Waals surface area contributed by atoms with Crippen molar-refractivity contribution < 1.29 is 15.0 Å². The molecule has 0 aliphatic carbocycles. The lowest BCUT2D eigenvalue weighted by molar-refractivity contribution is -0.0320. The first-order valence-electron chi connectivity index (χ1n) is 3.10. The lowest BCUT2D eigenvalue weighted by Gasteiger charge is -2.16. The summed E-state index contributed by atoms with van der Waals surface area (Å²) in [5.74, 6) is 0. The number of amides is 2. The van der Waals surface area contributed by atoms with Gasteiger partial charge in [-0.3, -0.25) is 4.90 Å². The Morgan fingerprint density at radius 1 is 1.70 bits per heavy atom. The lowest BCUT2D eigenvalue weighted by Crippen LogP contribution is -2.36. The third-order valence-electron chi connectivity index (χ3n) is 1.47. The van der Waals surface area contributed by atoms with Crippen molar-refractivity contribution in [2.24, 2.45) is 0 Å². The number of nitrogens with zero attached hydrogens (tertiary/aromatic N) is 1. The second-order valence-corrected chi connectivity index (χ2v) is 2.09. The summed E-state index contributed by atoms with van der Waals surface area (Å²) in [7, 11) is 0. The Kier molecular flexibility index (Phi) is 1.78. The second-order valence-electron chi connectivity index (χ2n) is 2.09. The first-order chi connectivity index (χ1) is 4.66. The van der Waals surface area contributed by atoms with Gasteiger partial charge in [-0.15, -0.1) is 0 Å². The lowest BCUT2D eigenvalue weighted by atomic mass is 10.5. The van der Waals surface area contributed by atoms with Gasteiger partial charge in [-0.1, -0.05) is 0 Å². The van der Waals surface area contributed by atoms with Gasteiger partial charge in [0, 0.05) is 6.54 Å². The number of carbonyl (C=O) groups is 1. The van der Waals surface area contributed by atoms with E-state index >= 15 is 0 Å². The summed E-state index contributed by atoms with van der Waals surface area (Å²) in [5, 5.41) is 20.0. The molecule has 2 amide bonds. The van der Waals surface area contributed by atoms with Crippen LogP contribution in [0, 0.1) is 0 Å². The van der Waals surface area contributed by atoms with E-state index in [1.807, 2.05) is 0 Å². The normalized spacial score (nSPS) is 32.7. The summed E-state index contributed by atoms with van der Waals surface area (Å²) in [6, 6.07) is -0.428. The zero-order valence-corrected chi connectivity index (χ0v) is 5.61. The van der Waals surface area contributed by atoms with E-state index in [0.29, 0.717) is 6.54 Å². The second kappa shape index (κ2) is 2.43. The maximum atomic E-state index is 10.7. The highest BCUT2D eigenvalue weighted by molar-refractivity contribution is 5.76. The third-order valence-corrected chi connectivity index (χ3v) is 1.47. The van der Waals surface area contributed by atoms with Crippen molar-refractivity contribution in [2.45, 2.75) is 19.4 Å². The van der Waals surface area contributed by atoms with Crippen molar-refractivity contribution in [1.82, 2.24) is 10.2 Å². The highest BCUT2D eigenvalue weighted by Crippen LogP contribution is 2.07. The van der Waals surface area contributed by atoms with Crippen LogP contribution in [0.4, 0.5) is 4.79 Å². The van der Waals surface area contributed by atoms with Crippen molar-refractivity contribution in [3.05, 3.63) is 0 Å². The molecule has 0 bridgehead atoms. The van der Waals surface area contributed by atoms with Gasteiger partial charge in [0.05, 0.1) is 0 Å². The minimum atomic E-state index is -1.15. The fourth-order valence-electron chi connectivity index (χ4n) is 0.905. The van der Waals surface area contributed by atoms with Gasteiger partial charge in [-0.05, 0) is 6.92 Å². The molecular formula is C5H10N2O3. The molecule has 0 aromatic carbocycles. The predicted molar refractivity (Wildman–Crippen MR) is 32.9 cm³/mol. The molecule has 3 N–H and O–H groups in total. The monoisotopic (exact) mass is 146 g/mol. The zero-order chi connectivity index (χ0) is 7.72. The van der Waals surface area contributed by atoms with Gasteiger partial charge in [0.25, 0.3) is 0 Å². The standard InChI is InChI=1S/C5H10N2O3/c1-2-7-4(9)3(8)6-5(7)10/h3-4,8-9H,2H2,1H3,(H,6,10). The maximum Gasteiger partial charge on any atom is 0.321 e. The molecule has 58 valence electrons. The van der Waals surface area contributed by atoms with Gasteiger partial charge in [0.2, 0.25) is 0 Å². The van der Waals surface area contributed by atoms with Crippen LogP contribution in [0.25, 0.3) is 0 Å². The molecule has 1 fully saturated rings. The molecule has 0 aromatic rings. The largest absolute Gasteiger partial charge is 0.369 e. The van der Waals surface area contributed by atoms with E-state index < -0.39 is 18.5 Å². The van der Waals surface area contributed by atoms with Gasteiger partial charge < -0.3 is 15.5 Å². The highest BCUT2D eigenvalue weighted by Gasteiger charge is 2.35. The first-order valence-corrected chi connectivity index (χ1v) is 3.10. The quantitative estimate of drug-likeness (QED) is 0.429. The van der Waals surface area contributed by atoms with E-state index in [-0.39, 0.29) is 0 Å². The average molecular weight is 146 g/mol. The first kappa shape index (κ1) is 7.30. The molecule has 5 heteroatoms. The summed E-state index contributed by atoms with van der Waals surface area (Å²) < 4.78 is 0. The molecule has 1 aliphatic heterocycles. The molecule has 1 aliphatic rings. The van der Waals surface area contributed by atoms with Crippen LogP contribution in [0.15, 0.2) is 0 Å². The van der Waals surface area contributed by atoms with Gasteiger partial charge in [0.1, 0.15) is 0 Å². The predicted octanol–water partition coefficient (Wildman–Crippen LogP) is -1.33. The molecule has 10 heavy (non-hydrogen) atoms. The van der Waals surface area contributed by atoms with Crippen molar-refractivity contribution in [1.29, 1.82) is 0 Å². The number of hydrogen-bond donors (Lipinski definition) is 3. The summed E-state index contributed by atoms with van der Waals surface area (Å²) in [6.07, 6.45) is -2.25. The number of carbonyl (C=O) groups excluding carboxylic acids is 1. The number of nitrogens with one attached hydrogen (secondary N) is 1. The Morgan fingerprint density at radius 2 is 2.30 bits per heavy atom. The van der Waals surface area contributed by atoms with Gasteiger partial charge >= 0.3 is 6.03 Å². The number of aliphatic hydroxyl groups is 2. The van der Waals surface area contributed by atoms with E-state index in [2.05, 4.69) is 5.32 Å². The SMILES string of the molecule is CCN1C(=O)NC(O)C1O. The minimum Gasteiger partial charge on any atom is -0.369 e. The van der Waals surface area contributed by atoms with Crippen molar-refractivity contribution in [3.8, 4) is 0 Å². The van der Waals surface area contributed by atoms with Crippen molar-refractivity contribution in [3.63, 3.8) is 0 Å². The fraction of sp³-hybridized carbons (Fsp3) is 0.800. The van der Waals surface area contributed by atoms with E-state index in [0.717, 1.165) is 4.90 Å². The van der Waals surface area contributed by atoms with E-state index in [9.17, 15) is 4.79 Å². The minimum absolute atomic E-state index is 0.393. The Balaban J connectivity index is 2.64. The Bertz CT molecular complexity index is 150. The molecular weight excluding hydrogens is 136 g/mol. The summed E-state index contributed by atoms with van der Waals surface area (Å²) in [4.78, 5) is 11.9. The molecule has 0 radical (unpaired) electrons. The van der Waals surface area contributed by atoms with E-state index in [1.165, 1.54) is 0 Å². The fourth-order valence-corrected chi connectivity index (χ4v) is 0.905. The molecule has 2 unspecified atom stereocenters. The maximum absolute atomic E-state index is 10.7. The van der Waals surface area contributed by atoms with Crippen LogP contribution in [0.2, 0.25) is 0 Å². The number of urea groups is 1. The van der Waals surface area contributed by atoms with Crippen LogP contribution >= 0.6 is 0 Å². The molecule has 2 atom stereocenters. The number of hydrogen-bond acceptors (Lipinski definition) is 3.